The zero-order valence-corrected chi connectivity index (χ0v) is 24.6. The van der Waals surface area contributed by atoms with Gasteiger partial charge < -0.3 is 33.0 Å². The molecule has 28 heavy (non-hydrogen) atoms. The van der Waals surface area contributed by atoms with E-state index in [1.54, 1.807) is 6.07 Å². The predicted molar refractivity (Wildman–Crippen MR) is 129 cm³/mol. The van der Waals surface area contributed by atoms with E-state index >= 15 is 0 Å². The maximum atomic E-state index is 10.5. The Morgan fingerprint density at radius 3 is 1.64 bits per heavy atom. The van der Waals surface area contributed by atoms with Gasteiger partial charge in [-0.2, -0.15) is 0 Å². The van der Waals surface area contributed by atoms with E-state index in [-0.39, 0.29) is 56.3 Å². The van der Waals surface area contributed by atoms with Gasteiger partial charge in [-0.1, -0.05) is 24.2 Å². The van der Waals surface area contributed by atoms with Crippen molar-refractivity contribution in [3.63, 3.8) is 0 Å². The fraction of sp³-hybridized carbons (Fsp3) is 0.526. The molecule has 0 spiro atoms. The van der Waals surface area contributed by atoms with Crippen molar-refractivity contribution < 1.29 is 42.4 Å². The van der Waals surface area contributed by atoms with E-state index in [2.05, 4.69) is 65.0 Å². The Balaban J connectivity index is -0.000000174. The molecule has 2 aromatic rings. The monoisotopic (exact) mass is 647 g/mol. The average molecular weight is 647 g/mol. The zero-order valence-electron chi connectivity index (χ0n) is 18.5. The third-order valence-corrected chi connectivity index (χ3v) is 2.17. The van der Waals surface area contributed by atoms with E-state index in [1.165, 1.54) is 6.20 Å². The largest absolute Gasteiger partial charge is 3.00 e. The normalized spacial score (nSPS) is 10.3. The number of aromatic nitrogens is 1. The third-order valence-electron chi connectivity index (χ3n) is 2.17. The van der Waals surface area contributed by atoms with Crippen LogP contribution in [0.2, 0.25) is 0 Å². The molecule has 0 bridgehead atoms. The topological polar surface area (TPSA) is 79.7 Å². The van der Waals surface area contributed by atoms with Crippen LogP contribution in [0.1, 0.15) is 11.6 Å². The van der Waals surface area contributed by atoms with Crippen LogP contribution in [0.3, 0.4) is 0 Å². The maximum absolute atomic E-state index is 10.5. The van der Waals surface area contributed by atoms with Crippen molar-refractivity contribution in [3.05, 3.63) is 41.8 Å². The Morgan fingerprint density at radius 1 is 0.929 bits per heavy atom. The predicted octanol–water partition coefficient (Wildman–Crippen LogP) is 1.28. The number of benzene rings is 1. The van der Waals surface area contributed by atoms with Crippen LogP contribution in [0.5, 0.6) is 0 Å². The number of aromatic amines is 1. The number of carboxylic acid groups (broad SMARTS) is 1. The summed E-state index contributed by atoms with van der Waals surface area (Å²) in [4.78, 5) is 13.4. The van der Waals surface area contributed by atoms with Gasteiger partial charge in [0.25, 0.3) is 0 Å². The molecule has 0 saturated heterocycles. The molecule has 164 valence electrons. The number of carbonyl (C=O) groups excluding carboxylic acids is 1. The Kier molecular flexibility index (Phi) is 26.5. The van der Waals surface area contributed by atoms with Crippen molar-refractivity contribution in [3.8, 4) is 0 Å². The first-order chi connectivity index (χ1) is 11.9. The van der Waals surface area contributed by atoms with Gasteiger partial charge in [0, 0.05) is 83.1 Å². The molecule has 1 heterocycles. The van der Waals surface area contributed by atoms with E-state index in [0.29, 0.717) is 5.56 Å². The fourth-order valence-electron chi connectivity index (χ4n) is 1.46. The number of fused-ring (bicyclic) bond motifs is 1. The van der Waals surface area contributed by atoms with Crippen LogP contribution < -0.4 is 17.5 Å². The van der Waals surface area contributed by atoms with Crippen LogP contribution >= 0.6 is 23.8 Å². The van der Waals surface area contributed by atoms with E-state index < -0.39 is 12.0 Å². The van der Waals surface area contributed by atoms with E-state index in [1.807, 2.05) is 18.2 Å². The van der Waals surface area contributed by atoms with E-state index in [0.717, 1.165) is 10.9 Å². The zero-order chi connectivity index (χ0) is 20.9. The standard InChI is InChI=1S/C10H9N2O2.3C3H9P.ClH.Ir/c11-9(10(13)14)7-5-12-8-4-2-1-3-6(7)8;3*1-4(2)3;;/h1-5,9,11-12H,(H,13,14);3*1-3H3;1H;/q-1;;;;;+3/p+1. The summed E-state index contributed by atoms with van der Waals surface area (Å²) >= 11 is 0. The molecule has 0 aliphatic heterocycles. The number of H-pyrrole nitrogens is 1. The average Bonchev–Trinajstić information content (AvgIpc) is 2.88. The van der Waals surface area contributed by atoms with Gasteiger partial charge in [-0.15, -0.1) is 0 Å². The van der Waals surface area contributed by atoms with Crippen molar-refractivity contribution in [1.29, 1.82) is 0 Å². The van der Waals surface area contributed by atoms with Gasteiger partial charge in [-0.3, -0.25) is 0 Å². The molecule has 1 aromatic carbocycles. The third kappa shape index (κ3) is 21.1. The minimum absolute atomic E-state index is 0. The first-order valence-corrected chi connectivity index (χ1v) is 17.7. The van der Waals surface area contributed by atoms with Gasteiger partial charge in [-0.05, 0) is 35.4 Å². The number of nitrogens with one attached hydrogen (secondary N) is 2. The summed E-state index contributed by atoms with van der Waals surface area (Å²) in [5, 5.41) is 11.3. The minimum atomic E-state index is -1.38. The van der Waals surface area contributed by atoms with Gasteiger partial charge in [0.15, 0.2) is 0 Å². The van der Waals surface area contributed by atoms with Crippen LogP contribution in [0.4, 0.5) is 0 Å². The molecule has 9 heteroatoms. The van der Waals surface area contributed by atoms with Gasteiger partial charge in [-0.25, -0.2) is 0 Å². The molecule has 2 rings (SSSR count). The summed E-state index contributed by atoms with van der Waals surface area (Å²) in [7, 11) is 0.361. The summed E-state index contributed by atoms with van der Waals surface area (Å²) in [5.41, 5.74) is 8.66. The van der Waals surface area contributed by atoms with Gasteiger partial charge in [0.1, 0.15) is 0 Å². The number of hydrogen-bond donors (Lipinski definition) is 1. The van der Waals surface area contributed by atoms with Crippen LogP contribution in [0, 0.1) is 0 Å². The SMILES string of the molecule is C[PH+](C)C.C[PH+](C)C.C[PH+](C)C.[Cl-].[Ir+3].[NH-]C(C(=O)[O-])c1c[nH]c2ccccc12. The van der Waals surface area contributed by atoms with Gasteiger partial charge in [0.05, 0.1) is 0 Å². The van der Waals surface area contributed by atoms with Crippen molar-refractivity contribution in [2.24, 2.45) is 0 Å². The van der Waals surface area contributed by atoms with Crippen LogP contribution in [-0.4, -0.2) is 70.9 Å². The van der Waals surface area contributed by atoms with Crippen LogP contribution in [0.25, 0.3) is 16.6 Å². The quantitative estimate of drug-likeness (QED) is 0.500. The van der Waals surface area contributed by atoms with Gasteiger partial charge in [0.2, 0.25) is 0 Å². The number of hydrogen-bond acceptors (Lipinski definition) is 2. The molecule has 0 aliphatic carbocycles. The molecule has 4 nitrogen and oxygen atoms in total. The van der Waals surface area contributed by atoms with E-state index in [9.17, 15) is 9.90 Å². The first-order valence-electron chi connectivity index (χ1n) is 8.68. The summed E-state index contributed by atoms with van der Waals surface area (Å²) in [6.45, 7) is 20.4. The van der Waals surface area contributed by atoms with Crippen molar-refractivity contribution in [2.75, 3.05) is 60.0 Å². The number of rotatable bonds is 2. The van der Waals surface area contributed by atoms with Crippen LogP contribution in [-0.2, 0) is 24.9 Å². The second-order valence-electron chi connectivity index (χ2n) is 7.54. The minimum Gasteiger partial charge on any atom is -1.00 e. The summed E-state index contributed by atoms with van der Waals surface area (Å²) in [6.07, 6.45) is 1.54. The van der Waals surface area contributed by atoms with Crippen molar-refractivity contribution in [1.82, 2.24) is 4.98 Å². The molecule has 0 radical (unpaired) electrons. The first kappa shape index (κ1) is 35.8. The second-order valence-corrected chi connectivity index (χ2v) is 16.5. The smallest absolute Gasteiger partial charge is 1.00 e. The van der Waals surface area contributed by atoms with Crippen molar-refractivity contribution in [2.45, 2.75) is 6.04 Å². The van der Waals surface area contributed by atoms with E-state index in [4.69, 9.17) is 5.73 Å². The second kappa shape index (κ2) is 20.7. The molecule has 0 aliphatic rings. The van der Waals surface area contributed by atoms with Crippen molar-refractivity contribution >= 4 is 40.6 Å². The Bertz CT molecular complexity index is 603. The molecule has 2 N–H and O–H groups in total. The van der Waals surface area contributed by atoms with Gasteiger partial charge >= 0.3 is 20.1 Å². The molecule has 1 aromatic heterocycles. The molecular formula is C19H38ClIrN2O2P3+3. The number of carboxylic acids is 1. The summed E-state index contributed by atoms with van der Waals surface area (Å²) in [5.74, 6) is -1.38. The molecule has 0 fully saturated rings. The number of aliphatic carboxylic acids is 1. The molecular weight excluding hydrogens is 609 g/mol. The number of carbonyl (C=O) groups is 1. The maximum Gasteiger partial charge on any atom is 3.00 e. The molecule has 0 amide bonds. The number of para-hydroxylation sites is 1. The number of halogens is 1. The molecule has 1 unspecified atom stereocenters. The Morgan fingerprint density at radius 2 is 1.29 bits per heavy atom. The molecule has 0 saturated carbocycles. The summed E-state index contributed by atoms with van der Waals surface area (Å²) < 4.78 is 0. The Hall–Kier alpha value is 0.419. The summed E-state index contributed by atoms with van der Waals surface area (Å²) in [6, 6.07) is 5.94. The Labute approximate surface area is 195 Å². The van der Waals surface area contributed by atoms with Crippen LogP contribution in [0.15, 0.2) is 30.5 Å². The fourth-order valence-corrected chi connectivity index (χ4v) is 1.46. The molecule has 1 atom stereocenters.